The third-order valence-electron chi connectivity index (χ3n) is 1.25. The van der Waals surface area contributed by atoms with Gasteiger partial charge in [0.1, 0.15) is 6.10 Å². The van der Waals surface area contributed by atoms with Gasteiger partial charge in [-0.25, -0.2) is 0 Å². The second-order valence-electron chi connectivity index (χ2n) is 2.49. The molecular weight excluding hydrogens is 172 g/mol. The van der Waals surface area contributed by atoms with Crippen LogP contribution in [-0.2, 0) is 19.1 Å². The van der Waals surface area contributed by atoms with E-state index in [2.05, 4.69) is 4.74 Å². The Bertz CT molecular complexity index is 208. The van der Waals surface area contributed by atoms with E-state index in [9.17, 15) is 9.59 Å². The first kappa shape index (κ1) is 11.7. The van der Waals surface area contributed by atoms with Crippen LogP contribution >= 0.6 is 0 Å². The Kier molecular flexibility index (Phi) is 5.59. The van der Waals surface area contributed by atoms with Gasteiger partial charge in [-0.2, -0.15) is 0 Å². The van der Waals surface area contributed by atoms with E-state index in [1.54, 1.807) is 0 Å². The average molecular weight is 186 g/mol. The number of hydrogen-bond donors (Lipinski definition) is 0. The Morgan fingerprint density at radius 1 is 1.31 bits per heavy atom. The molecule has 13 heavy (non-hydrogen) atoms. The molecule has 1 atom stereocenters. The maximum atomic E-state index is 10.5. The minimum Gasteiger partial charge on any atom is -0.458 e. The van der Waals surface area contributed by atoms with Crippen LogP contribution < -0.4 is 0 Å². The van der Waals surface area contributed by atoms with Crippen molar-refractivity contribution in [3.8, 4) is 0 Å². The molecule has 0 aromatic heterocycles. The summed E-state index contributed by atoms with van der Waals surface area (Å²) in [5, 5.41) is 0. The SMILES string of the molecule is CCC(C=COC(C)=O)OC(C)=O. The molecule has 0 aliphatic rings. The molecule has 0 fully saturated rings. The van der Waals surface area contributed by atoms with E-state index in [4.69, 9.17) is 4.74 Å². The van der Waals surface area contributed by atoms with Crippen molar-refractivity contribution in [2.75, 3.05) is 0 Å². The van der Waals surface area contributed by atoms with Crippen molar-refractivity contribution in [1.29, 1.82) is 0 Å². The fourth-order valence-corrected chi connectivity index (χ4v) is 0.695. The highest BCUT2D eigenvalue weighted by Crippen LogP contribution is 2.00. The van der Waals surface area contributed by atoms with Gasteiger partial charge >= 0.3 is 11.9 Å². The molecule has 0 bridgehead atoms. The Morgan fingerprint density at radius 3 is 2.31 bits per heavy atom. The molecule has 0 amide bonds. The van der Waals surface area contributed by atoms with Crippen LogP contribution in [0.2, 0.25) is 0 Å². The van der Waals surface area contributed by atoms with Gasteiger partial charge in [-0.15, -0.1) is 0 Å². The average Bonchev–Trinajstić information content (AvgIpc) is 2.01. The lowest BCUT2D eigenvalue weighted by molar-refractivity contribution is -0.144. The van der Waals surface area contributed by atoms with Crippen molar-refractivity contribution in [1.82, 2.24) is 0 Å². The number of ether oxygens (including phenoxy) is 2. The number of esters is 2. The van der Waals surface area contributed by atoms with Gasteiger partial charge in [0.05, 0.1) is 6.26 Å². The van der Waals surface area contributed by atoms with Gasteiger partial charge in [0.25, 0.3) is 0 Å². The maximum Gasteiger partial charge on any atom is 0.307 e. The van der Waals surface area contributed by atoms with Gasteiger partial charge in [-0.05, 0) is 12.5 Å². The fourth-order valence-electron chi connectivity index (χ4n) is 0.695. The van der Waals surface area contributed by atoms with E-state index in [-0.39, 0.29) is 12.1 Å². The quantitative estimate of drug-likeness (QED) is 0.492. The van der Waals surface area contributed by atoms with Crippen molar-refractivity contribution in [3.63, 3.8) is 0 Å². The van der Waals surface area contributed by atoms with E-state index in [0.717, 1.165) is 0 Å². The molecule has 1 unspecified atom stereocenters. The summed E-state index contributed by atoms with van der Waals surface area (Å²) in [5.41, 5.74) is 0. The zero-order valence-electron chi connectivity index (χ0n) is 8.07. The molecule has 0 heterocycles. The Morgan fingerprint density at radius 2 is 1.92 bits per heavy atom. The maximum absolute atomic E-state index is 10.5. The first-order valence-corrected chi connectivity index (χ1v) is 4.07. The van der Waals surface area contributed by atoms with Crippen molar-refractivity contribution < 1.29 is 19.1 Å². The highest BCUT2D eigenvalue weighted by atomic mass is 16.5. The zero-order chi connectivity index (χ0) is 10.3. The molecule has 0 aliphatic carbocycles. The highest BCUT2D eigenvalue weighted by Gasteiger charge is 2.04. The molecule has 0 spiro atoms. The number of rotatable bonds is 4. The molecule has 4 nitrogen and oxygen atoms in total. The first-order chi connectivity index (χ1) is 6.06. The molecule has 74 valence electrons. The van der Waals surface area contributed by atoms with Gasteiger partial charge in [-0.3, -0.25) is 9.59 Å². The first-order valence-electron chi connectivity index (χ1n) is 4.07. The third kappa shape index (κ3) is 7.05. The summed E-state index contributed by atoms with van der Waals surface area (Å²) in [6, 6.07) is 0. The Labute approximate surface area is 77.5 Å². The summed E-state index contributed by atoms with van der Waals surface area (Å²) in [6.45, 7) is 4.51. The predicted octanol–water partition coefficient (Wildman–Crippen LogP) is 1.40. The minimum absolute atomic E-state index is 0.322. The van der Waals surface area contributed by atoms with Gasteiger partial charge < -0.3 is 9.47 Å². The summed E-state index contributed by atoms with van der Waals surface area (Å²) in [4.78, 5) is 20.9. The van der Waals surface area contributed by atoms with Crippen LogP contribution in [0, 0.1) is 0 Å². The van der Waals surface area contributed by atoms with Crippen LogP contribution in [0.3, 0.4) is 0 Å². The summed E-state index contributed by atoms with van der Waals surface area (Å²) < 4.78 is 9.41. The molecule has 0 radical (unpaired) electrons. The molecule has 0 N–H and O–H groups in total. The van der Waals surface area contributed by atoms with Crippen LogP contribution in [0.5, 0.6) is 0 Å². The molecule has 0 aromatic carbocycles. The molecule has 0 aromatic rings. The van der Waals surface area contributed by atoms with Crippen LogP contribution in [0.15, 0.2) is 12.3 Å². The largest absolute Gasteiger partial charge is 0.458 e. The Balaban J connectivity index is 3.89. The number of carbonyl (C=O) groups excluding carboxylic acids is 2. The van der Waals surface area contributed by atoms with E-state index >= 15 is 0 Å². The number of carbonyl (C=O) groups is 2. The second kappa shape index (κ2) is 6.22. The van der Waals surface area contributed by atoms with Crippen LogP contribution in [0.25, 0.3) is 0 Å². The molecule has 4 heteroatoms. The van der Waals surface area contributed by atoms with E-state index in [1.165, 1.54) is 26.2 Å². The minimum atomic E-state index is -0.395. The van der Waals surface area contributed by atoms with Gasteiger partial charge in [-0.1, -0.05) is 6.92 Å². The lowest BCUT2D eigenvalue weighted by Crippen LogP contribution is -2.12. The normalized spacial score (nSPS) is 12.5. The van der Waals surface area contributed by atoms with Gasteiger partial charge in [0.15, 0.2) is 0 Å². The van der Waals surface area contributed by atoms with Gasteiger partial charge in [0, 0.05) is 13.8 Å². The monoisotopic (exact) mass is 186 g/mol. The van der Waals surface area contributed by atoms with Crippen molar-refractivity contribution in [2.24, 2.45) is 0 Å². The van der Waals surface area contributed by atoms with Crippen molar-refractivity contribution in [3.05, 3.63) is 12.3 Å². The summed E-state index contributed by atoms with van der Waals surface area (Å²) in [6.07, 6.45) is 3.09. The molecular formula is C9H14O4. The second-order valence-corrected chi connectivity index (χ2v) is 2.49. The smallest absolute Gasteiger partial charge is 0.307 e. The van der Waals surface area contributed by atoms with Crippen molar-refractivity contribution >= 4 is 11.9 Å². The Hall–Kier alpha value is -1.32. The lowest BCUT2D eigenvalue weighted by Gasteiger charge is -2.09. The van der Waals surface area contributed by atoms with Crippen LogP contribution in [-0.4, -0.2) is 18.0 Å². The summed E-state index contributed by atoms with van der Waals surface area (Å²) in [5.74, 6) is -0.742. The highest BCUT2D eigenvalue weighted by molar-refractivity contribution is 5.67. The molecule has 0 rings (SSSR count). The standard InChI is InChI=1S/C9H14O4/c1-4-9(13-8(3)11)5-6-12-7(2)10/h5-6,9H,4H2,1-3H3. The molecule has 0 saturated heterocycles. The lowest BCUT2D eigenvalue weighted by atomic mass is 10.3. The molecule has 0 aliphatic heterocycles. The van der Waals surface area contributed by atoms with Crippen LogP contribution in [0.4, 0.5) is 0 Å². The van der Waals surface area contributed by atoms with Crippen molar-refractivity contribution in [2.45, 2.75) is 33.3 Å². The van der Waals surface area contributed by atoms with Crippen LogP contribution in [0.1, 0.15) is 27.2 Å². The third-order valence-corrected chi connectivity index (χ3v) is 1.25. The molecule has 0 saturated carbocycles. The zero-order valence-corrected chi connectivity index (χ0v) is 8.07. The van der Waals surface area contributed by atoms with Gasteiger partial charge in [0.2, 0.25) is 0 Å². The number of hydrogen-bond acceptors (Lipinski definition) is 4. The van der Waals surface area contributed by atoms with E-state index in [0.29, 0.717) is 6.42 Å². The summed E-state index contributed by atoms with van der Waals surface area (Å²) >= 11 is 0. The van der Waals surface area contributed by atoms with E-state index in [1.807, 2.05) is 6.92 Å². The van der Waals surface area contributed by atoms with E-state index < -0.39 is 5.97 Å². The topological polar surface area (TPSA) is 52.6 Å². The summed E-state index contributed by atoms with van der Waals surface area (Å²) in [7, 11) is 0. The predicted molar refractivity (Wildman–Crippen MR) is 46.8 cm³/mol. The fraction of sp³-hybridized carbons (Fsp3) is 0.556.